The Kier molecular flexibility index (Phi) is 9.72. The molecular weight excluding hydrogens is 588 g/mol. The van der Waals surface area contributed by atoms with Crippen LogP contribution in [0.25, 0.3) is 5.76 Å². The van der Waals surface area contributed by atoms with Gasteiger partial charge in [-0.2, -0.15) is 13.2 Å². The molecule has 2 aromatic rings. The molecule has 0 bridgehead atoms. The molecule has 228 valence electrons. The number of anilines is 1. The number of benzene rings is 2. The summed E-state index contributed by atoms with van der Waals surface area (Å²) in [5, 5.41) is 12.3. The van der Waals surface area contributed by atoms with Crippen LogP contribution >= 0.6 is 23.2 Å². The molecule has 1 heterocycles. The number of rotatable bonds is 10. The molecule has 1 atom stereocenters. The number of amides is 1. The molecule has 1 N–H and O–H groups in total. The Balaban J connectivity index is 1.94. The van der Waals surface area contributed by atoms with Gasteiger partial charge in [-0.1, -0.05) is 56.1 Å². The second-order valence-corrected chi connectivity index (χ2v) is 11.8. The third-order valence-electron chi connectivity index (χ3n) is 8.43. The highest BCUT2D eigenvalue weighted by Crippen LogP contribution is 2.53. The zero-order chi connectivity index (χ0) is 31.0. The van der Waals surface area contributed by atoms with Crippen LogP contribution in [0.5, 0.6) is 0 Å². The molecule has 2 aliphatic rings. The third-order valence-corrected chi connectivity index (χ3v) is 8.98. The average Bonchev–Trinajstić information content (AvgIpc) is 3.13. The van der Waals surface area contributed by atoms with Crippen molar-refractivity contribution in [1.82, 2.24) is 4.90 Å². The Bertz CT molecular complexity index is 1400. The van der Waals surface area contributed by atoms with Crippen molar-refractivity contribution in [2.75, 3.05) is 24.5 Å². The van der Waals surface area contributed by atoms with E-state index < -0.39 is 28.8 Å². The number of carbonyl (C=O) groups is 1. The van der Waals surface area contributed by atoms with Crippen molar-refractivity contribution in [2.24, 2.45) is 5.92 Å². The minimum Gasteiger partial charge on any atom is -0.465 e. The highest BCUT2D eigenvalue weighted by atomic mass is 35.5. The van der Waals surface area contributed by atoms with E-state index in [4.69, 9.17) is 27.9 Å². The number of fused-ring (bicyclic) bond motifs is 1. The fourth-order valence-corrected chi connectivity index (χ4v) is 6.60. The number of aliphatic hydroxyl groups is 1. The number of halogens is 5. The van der Waals surface area contributed by atoms with E-state index in [1.807, 2.05) is 6.92 Å². The first-order valence-corrected chi connectivity index (χ1v) is 15.0. The van der Waals surface area contributed by atoms with Crippen molar-refractivity contribution >= 4 is 40.6 Å². The Labute approximate surface area is 255 Å². The number of ether oxygens (including phenoxy) is 1. The lowest BCUT2D eigenvalue weighted by Gasteiger charge is -2.43. The Morgan fingerprint density at radius 3 is 2.38 bits per heavy atom. The second-order valence-electron chi connectivity index (χ2n) is 10.9. The normalized spacial score (nSPS) is 23.0. The molecule has 2 aromatic carbocycles. The molecule has 42 heavy (non-hydrogen) atoms. The van der Waals surface area contributed by atoms with Gasteiger partial charge in [0.15, 0.2) is 5.60 Å². The smallest absolute Gasteiger partial charge is 0.416 e. The fraction of sp³-hybridized carbons (Fsp3) is 0.469. The third kappa shape index (κ3) is 5.83. The number of alkyl halides is 3. The minimum atomic E-state index is -4.90. The molecular formula is C32H37Cl2F3N2O3. The van der Waals surface area contributed by atoms with Crippen LogP contribution < -0.4 is 4.90 Å². The lowest BCUT2D eigenvalue weighted by Crippen LogP contribution is -2.50. The molecule has 0 saturated heterocycles. The van der Waals surface area contributed by atoms with Crippen LogP contribution in [0.3, 0.4) is 0 Å². The predicted molar refractivity (Wildman–Crippen MR) is 161 cm³/mol. The van der Waals surface area contributed by atoms with Crippen LogP contribution in [0.15, 0.2) is 48.2 Å². The van der Waals surface area contributed by atoms with Gasteiger partial charge in [-0.3, -0.25) is 4.79 Å². The molecule has 1 unspecified atom stereocenters. The van der Waals surface area contributed by atoms with Crippen molar-refractivity contribution in [2.45, 2.75) is 71.7 Å². The summed E-state index contributed by atoms with van der Waals surface area (Å²) in [7, 11) is 0. The number of hydrogen-bond acceptors (Lipinski definition) is 4. The molecule has 10 heteroatoms. The molecule has 1 saturated carbocycles. The summed E-state index contributed by atoms with van der Waals surface area (Å²) in [4.78, 5) is 17.8. The first kappa shape index (κ1) is 32.4. The molecule has 1 fully saturated rings. The second kappa shape index (κ2) is 12.6. The lowest BCUT2D eigenvalue weighted by molar-refractivity contribution is -0.142. The summed E-state index contributed by atoms with van der Waals surface area (Å²) in [5.74, 6) is -0.551. The first-order valence-electron chi connectivity index (χ1n) is 14.3. The highest BCUT2D eigenvalue weighted by molar-refractivity contribution is 6.35. The van der Waals surface area contributed by atoms with Crippen molar-refractivity contribution in [1.29, 1.82) is 0 Å². The van der Waals surface area contributed by atoms with Crippen molar-refractivity contribution in [3.63, 3.8) is 0 Å². The highest BCUT2D eigenvalue weighted by Gasteiger charge is 2.57. The summed E-state index contributed by atoms with van der Waals surface area (Å²) in [6.45, 7) is 11.5. The summed E-state index contributed by atoms with van der Waals surface area (Å²) in [6.07, 6.45) is 0.283. The van der Waals surface area contributed by atoms with Gasteiger partial charge in [-0.25, -0.2) is 0 Å². The van der Waals surface area contributed by atoms with Crippen LogP contribution in [0.2, 0.25) is 10.0 Å². The number of nitrogens with zero attached hydrogens (tertiary/aromatic N) is 2. The largest absolute Gasteiger partial charge is 0.465 e. The number of allylic oxidation sites excluding steroid dienone is 2. The summed E-state index contributed by atoms with van der Waals surface area (Å²) in [5.41, 5.74) is -3.59. The number of carbonyl (C=O) groups excluding carboxylic acids is 1. The van der Waals surface area contributed by atoms with Gasteiger partial charge in [0.2, 0.25) is 0 Å². The topological polar surface area (TPSA) is 53.0 Å². The molecule has 0 radical (unpaired) electrons. The molecule has 0 spiro atoms. The SMILES string of the molecule is C/C=C\O/C(=C(\C)CC)c1cc2c(c(C(F)(F)F)c1)C(O)(c1ccc(Cl)cc1Cl)C(=O)N2CC1CC(N(CC)CC)C1. The predicted octanol–water partition coefficient (Wildman–Crippen LogP) is 8.41. The maximum Gasteiger partial charge on any atom is 0.416 e. The average molecular weight is 626 g/mol. The van der Waals surface area contributed by atoms with Crippen LogP contribution in [-0.2, 0) is 21.3 Å². The summed E-state index contributed by atoms with van der Waals surface area (Å²) in [6, 6.07) is 6.83. The van der Waals surface area contributed by atoms with E-state index in [2.05, 4.69) is 18.7 Å². The molecule has 5 nitrogen and oxygen atoms in total. The van der Waals surface area contributed by atoms with E-state index in [0.29, 0.717) is 12.5 Å². The van der Waals surface area contributed by atoms with Gasteiger partial charge < -0.3 is 19.6 Å². The maximum atomic E-state index is 14.9. The number of hydrogen-bond donors (Lipinski definition) is 1. The summed E-state index contributed by atoms with van der Waals surface area (Å²) < 4.78 is 50.4. The van der Waals surface area contributed by atoms with Gasteiger partial charge in [-0.05, 0) is 82.0 Å². The Morgan fingerprint density at radius 1 is 1.17 bits per heavy atom. The molecule has 1 aliphatic heterocycles. The van der Waals surface area contributed by atoms with Crippen LogP contribution in [-0.4, -0.2) is 41.6 Å². The van der Waals surface area contributed by atoms with Gasteiger partial charge in [0.1, 0.15) is 5.76 Å². The lowest BCUT2D eigenvalue weighted by atomic mass is 9.78. The van der Waals surface area contributed by atoms with E-state index >= 15 is 0 Å². The summed E-state index contributed by atoms with van der Waals surface area (Å²) >= 11 is 12.5. The van der Waals surface area contributed by atoms with E-state index in [-0.39, 0.29) is 45.1 Å². The zero-order valence-electron chi connectivity index (χ0n) is 24.5. The standard InChI is InChI=1S/C32H37Cl2F3N2O3/c1-6-12-42-29(19(5)7-2)21-15-25(32(35,36)37)28-27(16-21)39(18-20-13-23(14-20)38(8-3)9-4)30(40)31(28,41)24-11-10-22(33)17-26(24)34/h6,10-12,15-17,20,23,41H,7-9,13-14,18H2,1-5H3/b12-6-,29-19+. The van der Waals surface area contributed by atoms with E-state index in [1.54, 1.807) is 19.9 Å². The monoisotopic (exact) mass is 624 g/mol. The van der Waals surface area contributed by atoms with Crippen LogP contribution in [0.1, 0.15) is 76.1 Å². The molecule has 1 amide bonds. The van der Waals surface area contributed by atoms with Gasteiger partial charge in [-0.15, -0.1) is 0 Å². The van der Waals surface area contributed by atoms with Crippen LogP contribution in [0.4, 0.5) is 18.9 Å². The van der Waals surface area contributed by atoms with Gasteiger partial charge in [0.25, 0.3) is 5.91 Å². The van der Waals surface area contributed by atoms with Crippen molar-refractivity contribution < 1.29 is 27.8 Å². The van der Waals surface area contributed by atoms with Gasteiger partial charge in [0.05, 0.1) is 17.5 Å². The minimum absolute atomic E-state index is 0.00453. The molecule has 0 aromatic heterocycles. The molecule has 1 aliphatic carbocycles. The first-order chi connectivity index (χ1) is 19.8. The fourth-order valence-electron chi connectivity index (χ4n) is 6.06. The van der Waals surface area contributed by atoms with Crippen molar-refractivity contribution in [3.05, 3.63) is 80.5 Å². The van der Waals surface area contributed by atoms with Crippen molar-refractivity contribution in [3.8, 4) is 0 Å². The zero-order valence-corrected chi connectivity index (χ0v) is 26.0. The van der Waals surface area contributed by atoms with Crippen LogP contribution in [0, 0.1) is 5.92 Å². The quantitative estimate of drug-likeness (QED) is 0.270. The molecule has 4 rings (SSSR count). The van der Waals surface area contributed by atoms with Gasteiger partial charge >= 0.3 is 6.18 Å². The van der Waals surface area contributed by atoms with E-state index in [9.17, 15) is 23.1 Å². The Hall–Kier alpha value is -2.52. The van der Waals surface area contributed by atoms with E-state index in [0.717, 1.165) is 37.6 Å². The van der Waals surface area contributed by atoms with E-state index in [1.165, 1.54) is 35.4 Å². The Morgan fingerprint density at radius 2 is 1.83 bits per heavy atom. The maximum absolute atomic E-state index is 14.9. The van der Waals surface area contributed by atoms with Gasteiger partial charge in [0, 0.05) is 39.3 Å².